The number of nitrogens with one attached hydrogen (secondary N) is 1. The highest BCUT2D eigenvalue weighted by Crippen LogP contribution is 2.26. The van der Waals surface area contributed by atoms with Crippen LogP contribution in [0.2, 0.25) is 0 Å². The molecule has 1 amide bonds. The molecule has 1 atom stereocenters. The monoisotopic (exact) mass is 462 g/mol. The molecule has 0 fully saturated rings. The van der Waals surface area contributed by atoms with Gasteiger partial charge in [0.25, 0.3) is 5.91 Å². The minimum atomic E-state index is -3.96. The number of rotatable bonds is 8. The first kappa shape index (κ1) is 25.4. The van der Waals surface area contributed by atoms with Gasteiger partial charge < -0.3 is 14.4 Å². The van der Waals surface area contributed by atoms with Gasteiger partial charge in [-0.25, -0.2) is 17.9 Å². The number of benzene rings is 2. The van der Waals surface area contributed by atoms with E-state index in [1.54, 1.807) is 27.8 Å². The Labute approximate surface area is 189 Å². The molecule has 0 aliphatic heterocycles. The minimum Gasteiger partial charge on any atom is -0.495 e. The Morgan fingerprint density at radius 2 is 1.72 bits per heavy atom. The van der Waals surface area contributed by atoms with Crippen LogP contribution in [-0.2, 0) is 19.6 Å². The number of carbonyl (C=O) groups is 2. The summed E-state index contributed by atoms with van der Waals surface area (Å²) in [6.07, 6.45) is 0. The normalized spacial score (nSPS) is 12.7. The van der Waals surface area contributed by atoms with E-state index in [1.807, 2.05) is 37.3 Å². The van der Waals surface area contributed by atoms with Crippen molar-refractivity contribution in [3.05, 3.63) is 59.7 Å². The summed E-state index contributed by atoms with van der Waals surface area (Å²) >= 11 is 0. The summed E-state index contributed by atoms with van der Waals surface area (Å²) in [5.74, 6) is -1.11. The Balaban J connectivity index is 2.14. The van der Waals surface area contributed by atoms with Gasteiger partial charge in [0.1, 0.15) is 10.6 Å². The average Bonchev–Trinajstić information content (AvgIpc) is 2.74. The number of carbonyl (C=O) groups excluding carboxylic acids is 2. The molecule has 0 bridgehead atoms. The summed E-state index contributed by atoms with van der Waals surface area (Å²) in [4.78, 5) is 26.3. The number of likely N-dealkylation sites (N-methyl/N-ethyl adjacent to an activating group) is 1. The highest BCUT2D eigenvalue weighted by atomic mass is 32.2. The van der Waals surface area contributed by atoms with Crippen LogP contribution in [0.5, 0.6) is 5.75 Å². The van der Waals surface area contributed by atoms with E-state index in [9.17, 15) is 18.0 Å². The molecular weight excluding hydrogens is 432 g/mol. The number of hydrogen-bond acceptors (Lipinski definition) is 6. The first-order valence-corrected chi connectivity index (χ1v) is 11.5. The summed E-state index contributed by atoms with van der Waals surface area (Å²) < 4.78 is 38.4. The van der Waals surface area contributed by atoms with Crippen LogP contribution in [0.25, 0.3) is 0 Å². The Morgan fingerprint density at radius 1 is 1.09 bits per heavy atom. The zero-order valence-electron chi connectivity index (χ0n) is 19.2. The van der Waals surface area contributed by atoms with Gasteiger partial charge in [0.2, 0.25) is 10.0 Å². The van der Waals surface area contributed by atoms with Gasteiger partial charge in [-0.05, 0) is 51.5 Å². The van der Waals surface area contributed by atoms with Crippen molar-refractivity contribution >= 4 is 21.9 Å². The van der Waals surface area contributed by atoms with E-state index < -0.39 is 28.1 Å². The number of sulfonamides is 1. The van der Waals surface area contributed by atoms with Crippen molar-refractivity contribution < 1.29 is 27.5 Å². The van der Waals surface area contributed by atoms with Crippen molar-refractivity contribution in [1.82, 2.24) is 9.62 Å². The lowest BCUT2D eigenvalue weighted by Gasteiger charge is -2.25. The maximum atomic E-state index is 12.8. The summed E-state index contributed by atoms with van der Waals surface area (Å²) in [5, 5.41) is 0. The van der Waals surface area contributed by atoms with Gasteiger partial charge in [-0.2, -0.15) is 0 Å². The number of nitrogens with zero attached hydrogens (tertiary/aromatic N) is 1. The predicted molar refractivity (Wildman–Crippen MR) is 121 cm³/mol. The Bertz CT molecular complexity index is 1060. The van der Waals surface area contributed by atoms with Crippen molar-refractivity contribution in [2.75, 3.05) is 20.8 Å². The molecule has 2 aromatic rings. The van der Waals surface area contributed by atoms with Crippen molar-refractivity contribution in [3.8, 4) is 5.75 Å². The zero-order valence-corrected chi connectivity index (χ0v) is 20.0. The highest BCUT2D eigenvalue weighted by Gasteiger charge is 2.27. The van der Waals surface area contributed by atoms with Crippen molar-refractivity contribution in [2.24, 2.45) is 0 Å². The first-order valence-electron chi connectivity index (χ1n) is 10.1. The maximum absolute atomic E-state index is 12.8. The van der Waals surface area contributed by atoms with E-state index >= 15 is 0 Å². The van der Waals surface area contributed by atoms with Crippen LogP contribution in [-0.4, -0.2) is 51.5 Å². The molecule has 1 unspecified atom stereocenters. The SMILES string of the molecule is COc1ccc(C(=O)OCC(=O)N(C)C(C)c2ccccc2)cc1S(=O)(=O)NC(C)(C)C. The Kier molecular flexibility index (Phi) is 8.03. The fourth-order valence-corrected chi connectivity index (χ4v) is 4.57. The van der Waals surface area contributed by atoms with Gasteiger partial charge in [0.15, 0.2) is 6.61 Å². The number of esters is 1. The quantitative estimate of drug-likeness (QED) is 0.605. The van der Waals surface area contributed by atoms with Crippen LogP contribution in [0.3, 0.4) is 0 Å². The third-order valence-electron chi connectivity index (χ3n) is 4.71. The van der Waals surface area contributed by atoms with Crippen LogP contribution < -0.4 is 9.46 Å². The molecule has 2 rings (SSSR count). The van der Waals surface area contributed by atoms with Gasteiger partial charge in [0, 0.05) is 12.6 Å². The van der Waals surface area contributed by atoms with E-state index in [1.165, 1.54) is 30.2 Å². The number of methoxy groups -OCH3 is 1. The lowest BCUT2D eigenvalue weighted by atomic mass is 10.1. The van der Waals surface area contributed by atoms with E-state index in [0.29, 0.717) is 0 Å². The number of hydrogen-bond donors (Lipinski definition) is 1. The fourth-order valence-electron chi connectivity index (χ4n) is 2.96. The molecule has 32 heavy (non-hydrogen) atoms. The summed E-state index contributed by atoms with van der Waals surface area (Å²) in [6.45, 7) is 6.51. The average molecular weight is 463 g/mol. The van der Waals surface area contributed by atoms with Crippen LogP contribution in [0.15, 0.2) is 53.4 Å². The molecule has 8 nitrogen and oxygen atoms in total. The van der Waals surface area contributed by atoms with Crippen LogP contribution >= 0.6 is 0 Å². The van der Waals surface area contributed by atoms with Gasteiger partial charge in [-0.1, -0.05) is 30.3 Å². The Hall–Kier alpha value is -2.91. The fraction of sp³-hybridized carbons (Fsp3) is 0.391. The second-order valence-corrected chi connectivity index (χ2v) is 10.0. The minimum absolute atomic E-state index is 0.00774. The van der Waals surface area contributed by atoms with Gasteiger partial charge in [0.05, 0.1) is 18.7 Å². The molecule has 0 aliphatic carbocycles. The van der Waals surface area contributed by atoms with Crippen LogP contribution in [0.4, 0.5) is 0 Å². The van der Waals surface area contributed by atoms with Gasteiger partial charge in [-0.3, -0.25) is 4.79 Å². The smallest absolute Gasteiger partial charge is 0.338 e. The lowest BCUT2D eigenvalue weighted by molar-refractivity contribution is -0.135. The molecule has 0 spiro atoms. The highest BCUT2D eigenvalue weighted by molar-refractivity contribution is 7.89. The predicted octanol–water partition coefficient (Wildman–Crippen LogP) is 3.15. The van der Waals surface area contributed by atoms with Crippen molar-refractivity contribution in [3.63, 3.8) is 0 Å². The van der Waals surface area contributed by atoms with Gasteiger partial charge >= 0.3 is 5.97 Å². The van der Waals surface area contributed by atoms with Crippen LogP contribution in [0, 0.1) is 0 Å². The molecule has 0 heterocycles. The molecule has 2 aromatic carbocycles. The van der Waals surface area contributed by atoms with Crippen LogP contribution in [0.1, 0.15) is 49.7 Å². The molecule has 0 aromatic heterocycles. The number of ether oxygens (including phenoxy) is 2. The van der Waals surface area contributed by atoms with Crippen molar-refractivity contribution in [1.29, 1.82) is 0 Å². The molecule has 9 heteroatoms. The number of amides is 1. The Morgan fingerprint density at radius 3 is 2.28 bits per heavy atom. The second-order valence-electron chi connectivity index (χ2n) is 8.39. The zero-order chi connectivity index (χ0) is 24.1. The van der Waals surface area contributed by atoms with Gasteiger partial charge in [-0.15, -0.1) is 0 Å². The van der Waals surface area contributed by atoms with Crippen molar-refractivity contribution in [2.45, 2.75) is 44.2 Å². The van der Waals surface area contributed by atoms with E-state index in [0.717, 1.165) is 5.56 Å². The molecule has 0 saturated heterocycles. The third-order valence-corrected chi connectivity index (χ3v) is 6.49. The molecule has 0 saturated carbocycles. The van der Waals surface area contributed by atoms with E-state index in [4.69, 9.17) is 9.47 Å². The second kappa shape index (κ2) is 10.1. The molecule has 0 radical (unpaired) electrons. The maximum Gasteiger partial charge on any atom is 0.338 e. The van der Waals surface area contributed by atoms with E-state index in [2.05, 4.69) is 4.72 Å². The molecule has 174 valence electrons. The first-order chi connectivity index (χ1) is 14.9. The standard InChI is InChI=1S/C23H30N2O6S/c1-16(17-10-8-7-9-11-17)25(5)21(26)15-31-22(27)18-12-13-19(30-6)20(14-18)32(28,29)24-23(2,3)4/h7-14,16,24H,15H2,1-6H3. The largest absolute Gasteiger partial charge is 0.495 e. The topological polar surface area (TPSA) is 102 Å². The molecular formula is C23H30N2O6S. The summed E-state index contributed by atoms with van der Waals surface area (Å²) in [6, 6.07) is 13.2. The summed E-state index contributed by atoms with van der Waals surface area (Å²) in [7, 11) is -0.993. The molecule has 1 N–H and O–H groups in total. The third kappa shape index (κ3) is 6.54. The van der Waals surface area contributed by atoms with E-state index in [-0.39, 0.29) is 28.2 Å². The lowest BCUT2D eigenvalue weighted by Crippen LogP contribution is -2.40. The summed E-state index contributed by atoms with van der Waals surface area (Å²) in [5.41, 5.74) is 0.213. The molecule has 0 aliphatic rings.